The lowest BCUT2D eigenvalue weighted by atomic mass is 10.1. The highest BCUT2D eigenvalue weighted by molar-refractivity contribution is 6.05. The third kappa shape index (κ3) is 4.64. The molecule has 1 aromatic carbocycles. The number of nitrogens with two attached hydrogens (primary N) is 1. The van der Waals surface area contributed by atoms with Crippen molar-refractivity contribution in [3.05, 3.63) is 23.8 Å². The number of fused-ring (bicyclic) bond motifs is 1. The maximum absolute atomic E-state index is 12.6. The van der Waals surface area contributed by atoms with Crippen LogP contribution in [0, 0.1) is 0 Å². The van der Waals surface area contributed by atoms with Crippen LogP contribution in [0.1, 0.15) is 37.0 Å². The van der Waals surface area contributed by atoms with Crippen molar-refractivity contribution in [2.24, 2.45) is 5.73 Å². The summed E-state index contributed by atoms with van der Waals surface area (Å²) in [6.45, 7) is 2.49. The summed E-state index contributed by atoms with van der Waals surface area (Å²) in [5, 5.41) is 11.5. The molecule has 0 aliphatic carbocycles. The molecule has 0 fully saturated rings. The summed E-state index contributed by atoms with van der Waals surface area (Å²) in [6, 6.07) is 2.11. The van der Waals surface area contributed by atoms with E-state index in [1.54, 1.807) is 6.07 Å². The van der Waals surface area contributed by atoms with E-state index in [0.29, 0.717) is 11.3 Å². The Morgan fingerprint density at radius 1 is 1.32 bits per heavy atom. The minimum Gasteiger partial charge on any atom is -0.482 e. The lowest BCUT2D eigenvalue weighted by Crippen LogP contribution is -2.54. The van der Waals surface area contributed by atoms with Gasteiger partial charge in [0.25, 0.3) is 5.91 Å². The van der Waals surface area contributed by atoms with Gasteiger partial charge in [-0.1, -0.05) is 0 Å². The first kappa shape index (κ1) is 20.9. The van der Waals surface area contributed by atoms with Crippen LogP contribution in [0.4, 0.5) is 5.69 Å². The molecule has 4 N–H and O–H groups in total. The molecule has 1 aliphatic heterocycles. The van der Waals surface area contributed by atoms with Gasteiger partial charge in [-0.2, -0.15) is 0 Å². The summed E-state index contributed by atoms with van der Waals surface area (Å²) < 4.78 is 5.34. The van der Waals surface area contributed by atoms with Crippen molar-refractivity contribution in [3.63, 3.8) is 0 Å². The molecule has 28 heavy (non-hydrogen) atoms. The number of rotatable bonds is 8. The number of carbonyl (C=O) groups is 5. The zero-order valence-electron chi connectivity index (χ0n) is 15.4. The second kappa shape index (κ2) is 8.51. The van der Waals surface area contributed by atoms with E-state index >= 15 is 0 Å². The number of carboxylic acids is 1. The zero-order chi connectivity index (χ0) is 21.0. The number of anilines is 1. The molecule has 0 saturated heterocycles. The SMILES string of the molecule is CC(=O)c1ccc2c(c1)N(C(C)C(=O)NC(CCC(N)=O)C(=O)O)C(=O)CO2. The highest BCUT2D eigenvalue weighted by atomic mass is 16.5. The molecular weight excluding hydrogens is 370 g/mol. The first-order valence-corrected chi connectivity index (χ1v) is 8.53. The Kier molecular flexibility index (Phi) is 6.34. The number of nitrogens with zero attached hydrogens (tertiary/aromatic N) is 1. The molecular formula is C18H21N3O7. The molecule has 0 radical (unpaired) electrons. The van der Waals surface area contributed by atoms with Crippen molar-refractivity contribution in [2.45, 2.75) is 38.8 Å². The Morgan fingerprint density at radius 2 is 2.00 bits per heavy atom. The standard InChI is InChI=1S/C18H21N3O7/c1-9(17(25)20-12(18(26)27)4-6-15(19)23)21-13-7-11(10(2)22)3-5-14(13)28-8-16(21)24/h3,5,7,9,12H,4,6,8H2,1-2H3,(H2,19,23)(H,20,25)(H,26,27). The fourth-order valence-electron chi connectivity index (χ4n) is 2.77. The number of ketones is 1. The molecule has 0 aromatic heterocycles. The normalized spacial score (nSPS) is 15.1. The van der Waals surface area contributed by atoms with E-state index in [4.69, 9.17) is 10.5 Å². The average Bonchev–Trinajstić information content (AvgIpc) is 2.63. The fraction of sp³-hybridized carbons (Fsp3) is 0.389. The number of benzene rings is 1. The van der Waals surface area contributed by atoms with Crippen molar-refractivity contribution >= 4 is 35.2 Å². The predicted octanol–water partition coefficient (Wildman–Crippen LogP) is -0.162. The zero-order valence-corrected chi connectivity index (χ0v) is 15.4. The molecule has 0 bridgehead atoms. The second-order valence-corrected chi connectivity index (χ2v) is 6.37. The summed E-state index contributed by atoms with van der Waals surface area (Å²) in [4.78, 5) is 60.0. The van der Waals surface area contributed by atoms with Crippen LogP contribution in [0.25, 0.3) is 0 Å². The smallest absolute Gasteiger partial charge is 0.326 e. The molecule has 2 rings (SSSR count). The first-order chi connectivity index (χ1) is 13.1. The first-order valence-electron chi connectivity index (χ1n) is 8.53. The van der Waals surface area contributed by atoms with Gasteiger partial charge in [0.05, 0.1) is 5.69 Å². The van der Waals surface area contributed by atoms with Crippen molar-refractivity contribution in [1.29, 1.82) is 0 Å². The van der Waals surface area contributed by atoms with Gasteiger partial charge in [0.1, 0.15) is 17.8 Å². The lowest BCUT2D eigenvalue weighted by Gasteiger charge is -2.34. The minimum atomic E-state index is -1.33. The number of aliphatic carboxylic acids is 1. The van der Waals surface area contributed by atoms with Crippen molar-refractivity contribution in [1.82, 2.24) is 5.32 Å². The van der Waals surface area contributed by atoms with Gasteiger partial charge in [-0.15, -0.1) is 0 Å². The molecule has 150 valence electrons. The number of ether oxygens (including phenoxy) is 1. The predicted molar refractivity (Wildman–Crippen MR) is 96.9 cm³/mol. The molecule has 0 saturated carbocycles. The van der Waals surface area contributed by atoms with E-state index in [2.05, 4.69) is 5.32 Å². The molecule has 10 nitrogen and oxygen atoms in total. The highest BCUT2D eigenvalue weighted by Crippen LogP contribution is 2.34. The van der Waals surface area contributed by atoms with Crippen LogP contribution in [-0.2, 0) is 19.2 Å². The average molecular weight is 391 g/mol. The van der Waals surface area contributed by atoms with Crippen LogP contribution in [-0.4, -0.2) is 53.3 Å². The molecule has 2 atom stereocenters. The summed E-state index contributed by atoms with van der Waals surface area (Å²) in [5.41, 5.74) is 5.60. The quantitative estimate of drug-likeness (QED) is 0.520. The summed E-state index contributed by atoms with van der Waals surface area (Å²) in [5.74, 6) is -3.16. The van der Waals surface area contributed by atoms with Gasteiger partial charge in [-0.25, -0.2) is 4.79 Å². The number of carboxylic acid groups (broad SMARTS) is 1. The Hall–Kier alpha value is -3.43. The minimum absolute atomic E-state index is 0.175. The van der Waals surface area contributed by atoms with Crippen LogP contribution in [0.3, 0.4) is 0 Å². The monoisotopic (exact) mass is 391 g/mol. The van der Waals surface area contributed by atoms with Crippen molar-refractivity contribution in [2.75, 3.05) is 11.5 Å². The van der Waals surface area contributed by atoms with E-state index in [0.717, 1.165) is 4.90 Å². The van der Waals surface area contributed by atoms with Gasteiger partial charge in [0, 0.05) is 12.0 Å². The van der Waals surface area contributed by atoms with Gasteiger partial charge in [0.15, 0.2) is 12.4 Å². The maximum atomic E-state index is 12.6. The number of primary amides is 1. The Morgan fingerprint density at radius 3 is 2.57 bits per heavy atom. The highest BCUT2D eigenvalue weighted by Gasteiger charge is 2.35. The number of Topliss-reactive ketones (excluding diaryl/α,β-unsaturated/α-hetero) is 1. The van der Waals surface area contributed by atoms with Gasteiger partial charge in [-0.3, -0.25) is 24.1 Å². The lowest BCUT2D eigenvalue weighted by molar-refractivity contribution is -0.142. The molecule has 1 heterocycles. The van der Waals surface area contributed by atoms with Gasteiger partial charge in [0.2, 0.25) is 11.8 Å². The van der Waals surface area contributed by atoms with Crippen molar-refractivity contribution < 1.29 is 33.8 Å². The van der Waals surface area contributed by atoms with Crippen LogP contribution in [0.2, 0.25) is 0 Å². The van der Waals surface area contributed by atoms with Gasteiger partial charge in [-0.05, 0) is 38.5 Å². The van der Waals surface area contributed by atoms with E-state index in [1.807, 2.05) is 0 Å². The third-order valence-electron chi connectivity index (χ3n) is 4.31. The number of hydrogen-bond acceptors (Lipinski definition) is 6. The molecule has 0 spiro atoms. The summed E-state index contributed by atoms with van der Waals surface area (Å²) >= 11 is 0. The van der Waals surface area contributed by atoms with E-state index in [9.17, 15) is 29.1 Å². The molecule has 1 aliphatic rings. The second-order valence-electron chi connectivity index (χ2n) is 6.37. The third-order valence-corrected chi connectivity index (χ3v) is 4.31. The largest absolute Gasteiger partial charge is 0.482 e. The van der Waals surface area contributed by atoms with Crippen molar-refractivity contribution in [3.8, 4) is 5.75 Å². The summed E-state index contributed by atoms with van der Waals surface area (Å²) in [7, 11) is 0. The molecule has 3 amide bonds. The van der Waals surface area contributed by atoms with E-state index in [-0.39, 0.29) is 30.9 Å². The van der Waals surface area contributed by atoms with E-state index < -0.39 is 35.8 Å². The molecule has 1 aromatic rings. The molecule has 10 heteroatoms. The van der Waals surface area contributed by atoms with Crippen LogP contribution < -0.4 is 20.7 Å². The Labute approximate surface area is 160 Å². The Balaban J connectivity index is 2.26. The number of hydrogen-bond donors (Lipinski definition) is 3. The Bertz CT molecular complexity index is 836. The topological polar surface area (TPSA) is 156 Å². The number of amides is 3. The fourth-order valence-corrected chi connectivity index (χ4v) is 2.77. The molecule has 2 unspecified atom stereocenters. The number of nitrogens with one attached hydrogen (secondary N) is 1. The van der Waals surface area contributed by atoms with Crippen LogP contribution >= 0.6 is 0 Å². The van der Waals surface area contributed by atoms with Gasteiger partial charge >= 0.3 is 5.97 Å². The van der Waals surface area contributed by atoms with Crippen LogP contribution in [0.5, 0.6) is 5.75 Å². The van der Waals surface area contributed by atoms with Gasteiger partial charge < -0.3 is 20.9 Å². The summed E-state index contributed by atoms with van der Waals surface area (Å²) in [6.07, 6.45) is -0.391. The van der Waals surface area contributed by atoms with Crippen LogP contribution in [0.15, 0.2) is 18.2 Å². The number of carbonyl (C=O) groups excluding carboxylic acids is 4. The van der Waals surface area contributed by atoms with E-state index in [1.165, 1.54) is 26.0 Å². The maximum Gasteiger partial charge on any atom is 0.326 e.